The fraction of sp³-hybridized carbons (Fsp3) is 0.857. The molecule has 4 nitrogen and oxygen atoms in total. The van der Waals surface area contributed by atoms with Gasteiger partial charge in [0.2, 0.25) is 0 Å². The molecule has 1 rings (SSSR count). The highest BCUT2D eigenvalue weighted by Gasteiger charge is 2.57. The van der Waals surface area contributed by atoms with Gasteiger partial charge in [-0.05, 0) is 25.9 Å². The van der Waals surface area contributed by atoms with Gasteiger partial charge < -0.3 is 16.2 Å². The summed E-state index contributed by atoms with van der Waals surface area (Å²) >= 11 is 0. The maximum atomic E-state index is 13.1. The zero-order valence-electron chi connectivity index (χ0n) is 7.02. The Labute approximate surface area is 74.1 Å². The lowest BCUT2D eigenvalue weighted by atomic mass is 9.83. The van der Waals surface area contributed by atoms with Crippen molar-refractivity contribution in [3.8, 4) is 0 Å². The van der Waals surface area contributed by atoms with Crippen LogP contribution in [0.5, 0.6) is 0 Å². The van der Waals surface area contributed by atoms with Crippen LogP contribution in [0.3, 0.4) is 0 Å². The first kappa shape index (κ1) is 10.3. The number of carbonyl (C=O) groups is 1. The number of rotatable bonds is 2. The molecule has 0 aromatic rings. The van der Waals surface area contributed by atoms with Gasteiger partial charge in [-0.3, -0.25) is 0 Å². The zero-order valence-corrected chi connectivity index (χ0v) is 7.02. The van der Waals surface area contributed by atoms with E-state index in [0.29, 0.717) is 13.1 Å². The van der Waals surface area contributed by atoms with Crippen molar-refractivity contribution in [1.82, 2.24) is 5.32 Å². The average Bonchev–Trinajstić information content (AvgIpc) is 2.05. The van der Waals surface area contributed by atoms with E-state index in [1.807, 2.05) is 0 Å². The highest BCUT2D eigenvalue weighted by molar-refractivity contribution is 5.77. The summed E-state index contributed by atoms with van der Waals surface area (Å²) in [6, 6.07) is 0. The number of aliphatic carboxylic acids is 1. The summed E-state index contributed by atoms with van der Waals surface area (Å²) in [5.74, 6) is -5.98. The number of hydrogen-bond acceptors (Lipinski definition) is 3. The largest absolute Gasteiger partial charge is 0.477 e. The maximum Gasteiger partial charge on any atom is 0.376 e. The van der Waals surface area contributed by atoms with Crippen molar-refractivity contribution < 1.29 is 18.7 Å². The smallest absolute Gasteiger partial charge is 0.376 e. The predicted octanol–water partition coefficient (Wildman–Crippen LogP) is -0.213. The first-order valence-electron chi connectivity index (χ1n) is 4.01. The fourth-order valence-electron chi connectivity index (χ4n) is 1.40. The van der Waals surface area contributed by atoms with Crippen molar-refractivity contribution in [1.29, 1.82) is 0 Å². The van der Waals surface area contributed by atoms with Crippen LogP contribution >= 0.6 is 0 Å². The Balaban J connectivity index is 2.82. The summed E-state index contributed by atoms with van der Waals surface area (Å²) in [5, 5.41) is 11.2. The Hall–Kier alpha value is -0.750. The van der Waals surface area contributed by atoms with Gasteiger partial charge in [-0.15, -0.1) is 0 Å². The Morgan fingerprint density at radius 3 is 2.31 bits per heavy atom. The Morgan fingerprint density at radius 2 is 1.92 bits per heavy atom. The normalized spacial score (nSPS) is 22.7. The second kappa shape index (κ2) is 3.19. The third kappa shape index (κ3) is 1.64. The highest BCUT2D eigenvalue weighted by Crippen LogP contribution is 2.33. The van der Waals surface area contributed by atoms with Crippen molar-refractivity contribution in [3.63, 3.8) is 0 Å². The molecule has 0 aromatic carbocycles. The first-order chi connectivity index (χ1) is 5.90. The van der Waals surface area contributed by atoms with Gasteiger partial charge in [0.15, 0.2) is 0 Å². The Bertz CT molecular complexity index is 215. The zero-order chi connectivity index (χ0) is 10.1. The van der Waals surface area contributed by atoms with E-state index in [1.165, 1.54) is 0 Å². The van der Waals surface area contributed by atoms with Crippen molar-refractivity contribution in [3.05, 3.63) is 0 Å². The van der Waals surface area contributed by atoms with E-state index < -0.39 is 17.4 Å². The maximum absolute atomic E-state index is 13.1. The SMILES string of the molecule is NC1(C(F)(F)C(=O)O)CCNCC1. The molecule has 76 valence electrons. The number of halogens is 2. The molecule has 13 heavy (non-hydrogen) atoms. The average molecular weight is 194 g/mol. The van der Waals surface area contributed by atoms with Crippen LogP contribution in [0.4, 0.5) is 8.78 Å². The van der Waals surface area contributed by atoms with E-state index in [4.69, 9.17) is 10.8 Å². The number of piperidine rings is 1. The van der Waals surface area contributed by atoms with Crippen LogP contribution in [0.1, 0.15) is 12.8 Å². The van der Waals surface area contributed by atoms with Crippen molar-refractivity contribution >= 4 is 5.97 Å². The van der Waals surface area contributed by atoms with E-state index in [9.17, 15) is 13.6 Å². The summed E-state index contributed by atoms with van der Waals surface area (Å²) in [4.78, 5) is 10.3. The molecule has 1 saturated heterocycles. The lowest BCUT2D eigenvalue weighted by Crippen LogP contribution is -2.63. The second-order valence-corrected chi connectivity index (χ2v) is 3.29. The molecule has 0 unspecified atom stereocenters. The third-order valence-corrected chi connectivity index (χ3v) is 2.39. The molecule has 0 aliphatic carbocycles. The minimum atomic E-state index is -3.84. The second-order valence-electron chi connectivity index (χ2n) is 3.29. The lowest BCUT2D eigenvalue weighted by molar-refractivity contribution is -0.178. The van der Waals surface area contributed by atoms with Gasteiger partial charge in [0.1, 0.15) is 0 Å². The first-order valence-corrected chi connectivity index (χ1v) is 4.01. The van der Waals surface area contributed by atoms with Gasteiger partial charge in [0, 0.05) is 0 Å². The lowest BCUT2D eigenvalue weighted by Gasteiger charge is -2.37. The van der Waals surface area contributed by atoms with E-state index in [-0.39, 0.29) is 12.8 Å². The summed E-state index contributed by atoms with van der Waals surface area (Å²) < 4.78 is 26.1. The summed E-state index contributed by atoms with van der Waals surface area (Å²) in [5.41, 5.74) is 3.47. The Morgan fingerprint density at radius 1 is 1.46 bits per heavy atom. The van der Waals surface area contributed by atoms with Crippen LogP contribution in [0.15, 0.2) is 0 Å². The van der Waals surface area contributed by atoms with Crippen LogP contribution in [0.2, 0.25) is 0 Å². The van der Waals surface area contributed by atoms with Crippen LogP contribution in [-0.2, 0) is 4.79 Å². The summed E-state index contributed by atoms with van der Waals surface area (Å²) in [7, 11) is 0. The molecular weight excluding hydrogens is 182 g/mol. The summed E-state index contributed by atoms with van der Waals surface area (Å²) in [6.07, 6.45) is -0.0431. The van der Waals surface area contributed by atoms with Crippen molar-refractivity contribution in [2.75, 3.05) is 13.1 Å². The molecule has 4 N–H and O–H groups in total. The molecule has 0 atom stereocenters. The fourth-order valence-corrected chi connectivity index (χ4v) is 1.40. The van der Waals surface area contributed by atoms with Crippen LogP contribution in [-0.4, -0.2) is 35.6 Å². The van der Waals surface area contributed by atoms with Crippen LogP contribution in [0, 0.1) is 0 Å². The topological polar surface area (TPSA) is 75.4 Å². The number of hydrogen-bond donors (Lipinski definition) is 3. The molecule has 0 bridgehead atoms. The molecular formula is C7H12F2N2O2. The van der Waals surface area contributed by atoms with Gasteiger partial charge in [-0.1, -0.05) is 0 Å². The third-order valence-electron chi connectivity index (χ3n) is 2.39. The van der Waals surface area contributed by atoms with Crippen molar-refractivity contribution in [2.45, 2.75) is 24.3 Å². The van der Waals surface area contributed by atoms with Crippen molar-refractivity contribution in [2.24, 2.45) is 5.73 Å². The molecule has 1 fully saturated rings. The number of nitrogens with two attached hydrogens (primary N) is 1. The summed E-state index contributed by atoms with van der Waals surface area (Å²) in [6.45, 7) is 0.665. The number of carboxylic acids is 1. The molecule has 0 radical (unpaired) electrons. The molecule has 1 aliphatic rings. The van der Waals surface area contributed by atoms with Gasteiger partial charge in [0.25, 0.3) is 0 Å². The highest BCUT2D eigenvalue weighted by atomic mass is 19.3. The van der Waals surface area contributed by atoms with E-state index in [2.05, 4.69) is 5.32 Å². The molecule has 1 aliphatic heterocycles. The molecule has 6 heteroatoms. The van der Waals surface area contributed by atoms with E-state index >= 15 is 0 Å². The van der Waals surface area contributed by atoms with Gasteiger partial charge in [-0.2, -0.15) is 8.78 Å². The molecule has 1 heterocycles. The van der Waals surface area contributed by atoms with Crippen LogP contribution < -0.4 is 11.1 Å². The van der Waals surface area contributed by atoms with E-state index in [0.717, 1.165) is 0 Å². The number of alkyl halides is 2. The molecule has 0 saturated carbocycles. The monoisotopic (exact) mass is 194 g/mol. The molecule has 0 spiro atoms. The molecule has 0 amide bonds. The predicted molar refractivity (Wildman–Crippen MR) is 41.6 cm³/mol. The quantitative estimate of drug-likeness (QED) is 0.568. The van der Waals surface area contributed by atoms with E-state index in [1.54, 1.807) is 0 Å². The number of nitrogens with one attached hydrogen (secondary N) is 1. The van der Waals surface area contributed by atoms with Gasteiger partial charge in [-0.25, -0.2) is 4.79 Å². The van der Waals surface area contributed by atoms with Gasteiger partial charge >= 0.3 is 11.9 Å². The Kier molecular flexibility index (Phi) is 2.53. The number of carboxylic acid groups (broad SMARTS) is 1. The standard InChI is InChI=1S/C7H12F2N2O2/c8-7(9,5(12)13)6(10)1-3-11-4-2-6/h11H,1-4,10H2,(H,12,13). The van der Waals surface area contributed by atoms with Gasteiger partial charge in [0.05, 0.1) is 5.54 Å². The molecule has 0 aromatic heterocycles. The van der Waals surface area contributed by atoms with Crippen LogP contribution in [0.25, 0.3) is 0 Å². The minimum absolute atomic E-state index is 0.0215. The minimum Gasteiger partial charge on any atom is -0.477 e.